The van der Waals surface area contributed by atoms with E-state index in [1.807, 2.05) is 29.2 Å². The molecule has 146 valence electrons. The fraction of sp³-hybridized carbons (Fsp3) is 0.333. The van der Waals surface area contributed by atoms with Crippen molar-refractivity contribution in [2.24, 2.45) is 0 Å². The highest BCUT2D eigenvalue weighted by atomic mass is 19.1. The summed E-state index contributed by atoms with van der Waals surface area (Å²) in [4.78, 5) is 30.6. The van der Waals surface area contributed by atoms with Crippen molar-refractivity contribution in [3.05, 3.63) is 54.3 Å². The van der Waals surface area contributed by atoms with E-state index in [1.54, 1.807) is 19.2 Å². The quantitative estimate of drug-likeness (QED) is 0.759. The first-order chi connectivity index (χ1) is 13.6. The lowest BCUT2D eigenvalue weighted by molar-refractivity contribution is -0.123. The minimum Gasteiger partial charge on any atom is -0.497 e. The van der Waals surface area contributed by atoms with Crippen molar-refractivity contribution in [2.75, 3.05) is 43.1 Å². The van der Waals surface area contributed by atoms with Gasteiger partial charge in [-0.15, -0.1) is 0 Å². The average molecular weight is 383 g/mol. The second-order valence-corrected chi connectivity index (χ2v) is 6.96. The normalized spacial score (nSPS) is 20.7. The first-order valence-electron chi connectivity index (χ1n) is 9.33. The summed E-state index contributed by atoms with van der Waals surface area (Å²) in [6, 6.07) is 13.2. The number of imide groups is 1. The first-order valence-corrected chi connectivity index (χ1v) is 9.33. The molecule has 7 heteroatoms. The van der Waals surface area contributed by atoms with Gasteiger partial charge in [-0.3, -0.25) is 14.5 Å². The number of ether oxygens (including phenoxy) is 1. The third-order valence-corrected chi connectivity index (χ3v) is 5.41. The molecule has 0 aliphatic carbocycles. The minimum absolute atomic E-state index is 0.0388. The number of carbonyl (C=O) groups is 2. The van der Waals surface area contributed by atoms with Crippen LogP contribution in [0.25, 0.3) is 0 Å². The van der Waals surface area contributed by atoms with Crippen molar-refractivity contribution in [3.63, 3.8) is 0 Å². The molecule has 0 N–H and O–H groups in total. The Morgan fingerprint density at radius 3 is 2.29 bits per heavy atom. The Kier molecular flexibility index (Phi) is 5.00. The van der Waals surface area contributed by atoms with Gasteiger partial charge in [-0.25, -0.2) is 9.29 Å². The number of hydrogen-bond donors (Lipinski definition) is 0. The molecule has 2 aromatic rings. The van der Waals surface area contributed by atoms with Gasteiger partial charge in [0.25, 0.3) is 5.91 Å². The third-order valence-electron chi connectivity index (χ3n) is 5.41. The Labute approximate surface area is 163 Å². The van der Waals surface area contributed by atoms with Crippen molar-refractivity contribution in [1.82, 2.24) is 4.90 Å². The van der Waals surface area contributed by atoms with Gasteiger partial charge in [0.2, 0.25) is 5.91 Å². The maximum absolute atomic E-state index is 14.1. The fourth-order valence-electron chi connectivity index (χ4n) is 3.87. The molecule has 2 aliphatic heterocycles. The van der Waals surface area contributed by atoms with Gasteiger partial charge >= 0.3 is 0 Å². The molecule has 0 aromatic heterocycles. The number of methoxy groups -OCH3 is 1. The van der Waals surface area contributed by atoms with Crippen LogP contribution in [0, 0.1) is 5.82 Å². The molecule has 0 spiro atoms. The van der Waals surface area contributed by atoms with E-state index in [9.17, 15) is 14.0 Å². The number of nitrogens with zero attached hydrogens (tertiary/aromatic N) is 3. The van der Waals surface area contributed by atoms with Crippen LogP contribution in [0.5, 0.6) is 5.75 Å². The molecule has 2 saturated heterocycles. The van der Waals surface area contributed by atoms with Crippen molar-refractivity contribution in [2.45, 2.75) is 12.5 Å². The molecule has 6 nitrogen and oxygen atoms in total. The number of benzene rings is 2. The maximum atomic E-state index is 14.1. The van der Waals surface area contributed by atoms with Crippen LogP contribution >= 0.6 is 0 Å². The third kappa shape index (κ3) is 3.33. The predicted octanol–water partition coefficient (Wildman–Crippen LogP) is 2.29. The largest absolute Gasteiger partial charge is 0.497 e. The monoisotopic (exact) mass is 383 g/mol. The van der Waals surface area contributed by atoms with Crippen molar-refractivity contribution in [1.29, 1.82) is 0 Å². The Balaban J connectivity index is 1.43. The molecule has 0 saturated carbocycles. The van der Waals surface area contributed by atoms with Crippen LogP contribution in [-0.4, -0.2) is 56.0 Å². The van der Waals surface area contributed by atoms with Crippen LogP contribution in [0.3, 0.4) is 0 Å². The number of carbonyl (C=O) groups excluding carboxylic acids is 2. The molecule has 2 aliphatic rings. The number of anilines is 2. The van der Waals surface area contributed by atoms with Gasteiger partial charge in [-0.1, -0.05) is 12.1 Å². The van der Waals surface area contributed by atoms with Crippen LogP contribution < -0.4 is 14.5 Å². The lowest BCUT2D eigenvalue weighted by atomic mass is 10.1. The van der Waals surface area contributed by atoms with Gasteiger partial charge in [0.1, 0.15) is 11.6 Å². The smallest absolute Gasteiger partial charge is 0.251 e. The van der Waals surface area contributed by atoms with E-state index in [1.165, 1.54) is 12.1 Å². The second-order valence-electron chi connectivity index (χ2n) is 6.96. The molecular weight excluding hydrogens is 361 g/mol. The Morgan fingerprint density at radius 2 is 1.64 bits per heavy atom. The highest BCUT2D eigenvalue weighted by Crippen LogP contribution is 2.29. The molecule has 2 fully saturated rings. The van der Waals surface area contributed by atoms with Gasteiger partial charge in [0, 0.05) is 31.9 Å². The molecule has 2 aromatic carbocycles. The van der Waals surface area contributed by atoms with Crippen LogP contribution in [0.4, 0.5) is 15.8 Å². The Hall–Kier alpha value is -2.93. The van der Waals surface area contributed by atoms with Crippen LogP contribution in [0.1, 0.15) is 6.42 Å². The van der Waals surface area contributed by atoms with Gasteiger partial charge in [-0.2, -0.15) is 0 Å². The molecular formula is C21H22FN3O3. The number of amides is 2. The maximum Gasteiger partial charge on any atom is 0.251 e. The fourth-order valence-corrected chi connectivity index (χ4v) is 3.87. The Bertz CT molecular complexity index is 879. The predicted molar refractivity (Wildman–Crippen MR) is 104 cm³/mol. The van der Waals surface area contributed by atoms with E-state index in [2.05, 4.69) is 4.90 Å². The standard InChI is InChI=1S/C21H22FN3O3/c1-28-16-8-6-15(7-9-16)23-10-12-24(13-11-23)19-14-20(26)25(21(19)27)18-5-3-2-4-17(18)22/h2-9,19H,10-14H2,1H3/t19-/m1/s1. The molecule has 1 atom stereocenters. The molecule has 0 radical (unpaired) electrons. The Morgan fingerprint density at radius 1 is 0.964 bits per heavy atom. The number of piperazine rings is 1. The van der Waals surface area contributed by atoms with Gasteiger partial charge < -0.3 is 9.64 Å². The highest BCUT2D eigenvalue weighted by Gasteiger charge is 2.44. The minimum atomic E-state index is -0.561. The zero-order chi connectivity index (χ0) is 19.7. The first kappa shape index (κ1) is 18.4. The zero-order valence-electron chi connectivity index (χ0n) is 15.7. The molecule has 2 amide bonds. The van der Waals surface area contributed by atoms with Crippen molar-refractivity contribution in [3.8, 4) is 5.75 Å². The summed E-state index contributed by atoms with van der Waals surface area (Å²) >= 11 is 0. The van der Waals surface area contributed by atoms with Crippen molar-refractivity contribution < 1.29 is 18.7 Å². The number of hydrogen-bond acceptors (Lipinski definition) is 5. The summed E-state index contributed by atoms with van der Waals surface area (Å²) in [7, 11) is 1.64. The number of para-hydroxylation sites is 1. The van der Waals surface area contributed by atoms with Gasteiger partial charge in [0.15, 0.2) is 0 Å². The van der Waals surface area contributed by atoms with E-state index in [-0.39, 0.29) is 23.9 Å². The summed E-state index contributed by atoms with van der Waals surface area (Å²) in [6.45, 7) is 2.84. The molecule has 2 heterocycles. The lowest BCUT2D eigenvalue weighted by Gasteiger charge is -2.38. The van der Waals surface area contributed by atoms with E-state index in [0.717, 1.165) is 29.4 Å². The lowest BCUT2D eigenvalue weighted by Crippen LogP contribution is -2.52. The van der Waals surface area contributed by atoms with E-state index >= 15 is 0 Å². The van der Waals surface area contributed by atoms with E-state index < -0.39 is 11.9 Å². The summed E-state index contributed by atoms with van der Waals surface area (Å²) in [5, 5.41) is 0. The van der Waals surface area contributed by atoms with Gasteiger partial charge in [0.05, 0.1) is 25.3 Å². The van der Waals surface area contributed by atoms with E-state index in [0.29, 0.717) is 13.1 Å². The van der Waals surface area contributed by atoms with Crippen molar-refractivity contribution >= 4 is 23.2 Å². The average Bonchev–Trinajstić information content (AvgIpc) is 3.03. The number of halogens is 1. The highest BCUT2D eigenvalue weighted by molar-refractivity contribution is 6.22. The molecule has 0 bridgehead atoms. The van der Waals surface area contributed by atoms with Crippen LogP contribution in [0.15, 0.2) is 48.5 Å². The molecule has 0 unspecified atom stereocenters. The van der Waals surface area contributed by atoms with E-state index in [4.69, 9.17) is 4.74 Å². The summed E-state index contributed by atoms with van der Waals surface area (Å²) < 4.78 is 19.3. The molecule has 28 heavy (non-hydrogen) atoms. The van der Waals surface area contributed by atoms with Crippen LogP contribution in [-0.2, 0) is 9.59 Å². The van der Waals surface area contributed by atoms with Crippen LogP contribution in [0.2, 0.25) is 0 Å². The second kappa shape index (κ2) is 7.59. The molecule has 4 rings (SSSR count). The summed E-state index contributed by atoms with van der Waals surface area (Å²) in [6.07, 6.45) is 0.0930. The summed E-state index contributed by atoms with van der Waals surface area (Å²) in [5.41, 5.74) is 1.14. The number of rotatable bonds is 4. The topological polar surface area (TPSA) is 53.1 Å². The summed E-state index contributed by atoms with van der Waals surface area (Å²) in [5.74, 6) is -0.439. The zero-order valence-corrected chi connectivity index (χ0v) is 15.7. The SMILES string of the molecule is COc1ccc(N2CCN([C@@H]3CC(=O)N(c4ccccc4F)C3=O)CC2)cc1. The van der Waals surface area contributed by atoms with Gasteiger partial charge in [-0.05, 0) is 36.4 Å².